The summed E-state index contributed by atoms with van der Waals surface area (Å²) in [6, 6.07) is 8.82. The second kappa shape index (κ2) is 12.6. The third-order valence-corrected chi connectivity index (χ3v) is 7.80. The van der Waals surface area contributed by atoms with Crippen LogP contribution in [0.1, 0.15) is 33.9 Å². The monoisotopic (exact) mass is 574 g/mol. The molecule has 12 nitrogen and oxygen atoms in total. The van der Waals surface area contributed by atoms with Crippen LogP contribution in [0.25, 0.3) is 0 Å². The summed E-state index contributed by atoms with van der Waals surface area (Å²) in [5.74, 6) is -2.39. The zero-order valence-electron chi connectivity index (χ0n) is 21.4. The number of hydrogen-bond donors (Lipinski definition) is 3. The average molecular weight is 575 g/mol. The number of ether oxygens (including phenoxy) is 3. The molecule has 0 saturated carbocycles. The number of anilines is 1. The van der Waals surface area contributed by atoms with Crippen molar-refractivity contribution in [2.75, 3.05) is 18.9 Å². The van der Waals surface area contributed by atoms with Crippen LogP contribution >= 0.6 is 6.64 Å². The zero-order chi connectivity index (χ0) is 28.1. The summed E-state index contributed by atoms with van der Waals surface area (Å²) < 4.78 is 44.7. The molecule has 15 heteroatoms. The molecule has 1 fully saturated rings. The number of nitrogens with one attached hydrogen (secondary N) is 1. The van der Waals surface area contributed by atoms with Gasteiger partial charge in [0.25, 0.3) is 0 Å². The largest absolute Gasteiger partial charge is 0.462 e. The van der Waals surface area contributed by atoms with Gasteiger partial charge in [0.05, 0.1) is 6.10 Å². The lowest BCUT2D eigenvalue weighted by molar-refractivity contribution is -0.276. The standard InChI is InChI=1S/C23H32FN4O8PS/c1-5-32-23(19(29)18(24)20(35-23)28-12-11-17(25)26-22(28)31)13-33-37(38,36-16-9-7-6-8-10-16)27-15(4)21(30)34-14(2)3/h6-12,14-15,18-20,29H,5,13H2,1-4H3,(H,27,38)(H2,25,26,31). The van der Waals surface area contributed by atoms with Crippen molar-refractivity contribution in [2.24, 2.45) is 0 Å². The first-order valence-corrected chi connectivity index (χ1v) is 14.5. The van der Waals surface area contributed by atoms with Crippen molar-refractivity contribution in [2.45, 2.75) is 64.1 Å². The van der Waals surface area contributed by atoms with Crippen molar-refractivity contribution in [3.63, 3.8) is 0 Å². The van der Waals surface area contributed by atoms with Crippen LogP contribution in [0.4, 0.5) is 10.2 Å². The first-order valence-electron chi connectivity index (χ1n) is 11.9. The van der Waals surface area contributed by atoms with Crippen LogP contribution in [0.3, 0.4) is 0 Å². The maximum atomic E-state index is 15.3. The van der Waals surface area contributed by atoms with Gasteiger partial charge in [0, 0.05) is 12.8 Å². The Bertz CT molecular complexity index is 1210. The molecule has 1 aliphatic rings. The predicted molar refractivity (Wildman–Crippen MR) is 139 cm³/mol. The SMILES string of the molecule is CCOC1(COP(=S)(NC(C)C(=O)OC(C)C)Oc2ccccc2)OC(n2ccc(N)nc2=O)C(F)C1O. The van der Waals surface area contributed by atoms with E-state index in [2.05, 4.69) is 10.1 Å². The van der Waals surface area contributed by atoms with E-state index in [1.807, 2.05) is 0 Å². The van der Waals surface area contributed by atoms with Crippen LogP contribution in [-0.4, -0.2) is 64.0 Å². The minimum absolute atomic E-state index is 0.0122. The van der Waals surface area contributed by atoms with E-state index < -0.39 is 55.2 Å². The number of hydrogen-bond acceptors (Lipinski definition) is 11. The number of rotatable bonds is 12. The number of esters is 1. The molecule has 1 saturated heterocycles. The van der Waals surface area contributed by atoms with Gasteiger partial charge in [-0.1, -0.05) is 18.2 Å². The minimum atomic E-state index is -3.58. The molecule has 38 heavy (non-hydrogen) atoms. The highest BCUT2D eigenvalue weighted by Gasteiger charge is 2.58. The molecule has 1 aromatic heterocycles. The third-order valence-electron chi connectivity index (χ3n) is 5.32. The number of alkyl halides is 1. The van der Waals surface area contributed by atoms with E-state index >= 15 is 4.39 Å². The summed E-state index contributed by atoms with van der Waals surface area (Å²) in [5, 5.41) is 13.7. The quantitative estimate of drug-likeness (QED) is 0.251. The molecular formula is C23H32FN4O8PS. The van der Waals surface area contributed by atoms with Gasteiger partial charge in [-0.25, -0.2) is 14.3 Å². The van der Waals surface area contributed by atoms with Gasteiger partial charge < -0.3 is 34.1 Å². The predicted octanol–water partition coefficient (Wildman–Crippen LogP) is 2.04. The number of halogens is 1. The van der Waals surface area contributed by atoms with E-state index in [0.29, 0.717) is 5.75 Å². The summed E-state index contributed by atoms with van der Waals surface area (Å²) in [6.07, 6.45) is -4.76. The smallest absolute Gasteiger partial charge is 0.351 e. The Kier molecular flexibility index (Phi) is 9.98. The molecule has 4 N–H and O–H groups in total. The molecule has 6 atom stereocenters. The van der Waals surface area contributed by atoms with Crippen molar-refractivity contribution in [3.8, 4) is 5.75 Å². The molecule has 0 aliphatic carbocycles. The maximum Gasteiger partial charge on any atom is 0.351 e. The number of aromatic nitrogens is 2. The minimum Gasteiger partial charge on any atom is -0.462 e. The first kappa shape index (κ1) is 30.1. The lowest BCUT2D eigenvalue weighted by Gasteiger charge is -2.34. The van der Waals surface area contributed by atoms with Crippen LogP contribution in [0.15, 0.2) is 47.4 Å². The van der Waals surface area contributed by atoms with Crippen molar-refractivity contribution < 1.29 is 37.5 Å². The molecule has 0 amide bonds. The van der Waals surface area contributed by atoms with Crippen LogP contribution in [0.2, 0.25) is 0 Å². The van der Waals surface area contributed by atoms with E-state index in [4.69, 9.17) is 40.8 Å². The first-order chi connectivity index (χ1) is 17.9. The molecule has 0 bridgehead atoms. The van der Waals surface area contributed by atoms with Gasteiger partial charge in [-0.2, -0.15) is 4.98 Å². The van der Waals surface area contributed by atoms with Crippen LogP contribution in [0, 0.1) is 0 Å². The van der Waals surface area contributed by atoms with Crippen molar-refractivity contribution in [1.29, 1.82) is 0 Å². The highest BCUT2D eigenvalue weighted by Crippen LogP contribution is 2.48. The van der Waals surface area contributed by atoms with Gasteiger partial charge in [0.1, 0.15) is 30.3 Å². The van der Waals surface area contributed by atoms with Crippen molar-refractivity contribution in [1.82, 2.24) is 14.6 Å². The topological polar surface area (TPSA) is 156 Å². The highest BCUT2D eigenvalue weighted by molar-refractivity contribution is 8.09. The summed E-state index contributed by atoms with van der Waals surface area (Å²) >= 11 is 5.67. The number of carbonyl (C=O) groups excluding carboxylic acids is 1. The molecule has 2 aromatic rings. The summed E-state index contributed by atoms with van der Waals surface area (Å²) in [6.45, 7) is 2.33. The zero-order valence-corrected chi connectivity index (χ0v) is 23.1. The molecule has 210 valence electrons. The highest BCUT2D eigenvalue weighted by atomic mass is 32.5. The summed E-state index contributed by atoms with van der Waals surface area (Å²) in [4.78, 5) is 28.3. The van der Waals surface area contributed by atoms with Crippen LogP contribution in [-0.2, 0) is 35.3 Å². The number of nitrogen functional groups attached to an aromatic ring is 1. The molecule has 0 spiro atoms. The third kappa shape index (κ3) is 7.14. The number of carbonyl (C=O) groups is 1. The number of benzene rings is 1. The Morgan fingerprint density at radius 2 is 2.03 bits per heavy atom. The van der Waals surface area contributed by atoms with Crippen LogP contribution < -0.4 is 21.0 Å². The second-order valence-corrected chi connectivity index (χ2v) is 11.8. The Balaban J connectivity index is 1.88. The van der Waals surface area contributed by atoms with Crippen LogP contribution in [0.5, 0.6) is 5.75 Å². The fourth-order valence-electron chi connectivity index (χ4n) is 3.60. The molecule has 2 heterocycles. The van der Waals surface area contributed by atoms with E-state index in [9.17, 15) is 14.7 Å². The molecule has 1 aliphatic heterocycles. The lowest BCUT2D eigenvalue weighted by Crippen LogP contribution is -2.49. The van der Waals surface area contributed by atoms with Gasteiger partial charge in [0.2, 0.25) is 5.79 Å². The Hall–Kier alpha value is -2.45. The Labute approximate surface area is 224 Å². The average Bonchev–Trinajstić information content (AvgIpc) is 3.09. The number of nitrogens with zero attached hydrogens (tertiary/aromatic N) is 2. The van der Waals surface area contributed by atoms with Gasteiger partial charge in [-0.15, -0.1) is 0 Å². The molecule has 1 aromatic carbocycles. The molecular weight excluding hydrogens is 542 g/mol. The van der Waals surface area contributed by atoms with Gasteiger partial charge >= 0.3 is 18.3 Å². The summed E-state index contributed by atoms with van der Waals surface area (Å²) in [5.41, 5.74) is 4.64. The van der Waals surface area contributed by atoms with E-state index in [-0.39, 0.29) is 18.5 Å². The number of aliphatic hydroxyl groups is 1. The molecule has 6 unspecified atom stereocenters. The lowest BCUT2D eigenvalue weighted by atomic mass is 10.1. The van der Waals surface area contributed by atoms with Gasteiger partial charge in [-0.05, 0) is 57.7 Å². The number of para-hydroxylation sites is 1. The Morgan fingerprint density at radius 1 is 1.34 bits per heavy atom. The second-order valence-electron chi connectivity index (χ2n) is 8.70. The normalized spacial score (nSPS) is 25.6. The summed E-state index contributed by atoms with van der Waals surface area (Å²) in [7, 11) is 0. The number of aliphatic hydroxyl groups excluding tert-OH is 1. The van der Waals surface area contributed by atoms with Gasteiger partial charge in [0.15, 0.2) is 12.4 Å². The van der Waals surface area contributed by atoms with E-state index in [0.717, 1.165) is 4.57 Å². The molecule has 3 rings (SSSR count). The maximum absolute atomic E-state index is 15.3. The van der Waals surface area contributed by atoms with E-state index in [1.54, 1.807) is 51.1 Å². The number of nitrogens with two attached hydrogens (primary N) is 1. The van der Waals surface area contributed by atoms with Gasteiger partial charge in [-0.3, -0.25) is 9.36 Å². The fourth-order valence-corrected chi connectivity index (χ4v) is 6.00. The molecule has 0 radical (unpaired) electrons. The fraction of sp³-hybridized carbons (Fsp3) is 0.522. The van der Waals surface area contributed by atoms with Crippen molar-refractivity contribution in [3.05, 3.63) is 53.1 Å². The van der Waals surface area contributed by atoms with E-state index in [1.165, 1.54) is 19.2 Å². The Morgan fingerprint density at radius 3 is 2.63 bits per heavy atom. The van der Waals surface area contributed by atoms with Crippen molar-refractivity contribution >= 4 is 30.2 Å².